The van der Waals surface area contributed by atoms with Crippen molar-refractivity contribution in [2.45, 2.75) is 19.8 Å². The van der Waals surface area contributed by atoms with Gasteiger partial charge in [-0.05, 0) is 25.3 Å². The third-order valence-corrected chi connectivity index (χ3v) is 3.19. The van der Waals surface area contributed by atoms with Crippen LogP contribution in [0.5, 0.6) is 0 Å². The van der Waals surface area contributed by atoms with Gasteiger partial charge in [-0.2, -0.15) is 0 Å². The van der Waals surface area contributed by atoms with Crippen LogP contribution in [0.2, 0.25) is 0 Å². The molecule has 0 radical (unpaired) electrons. The highest BCUT2D eigenvalue weighted by atomic mass is 16.5. The molecule has 0 spiro atoms. The van der Waals surface area contributed by atoms with Crippen molar-refractivity contribution in [1.29, 1.82) is 0 Å². The molecule has 2 rings (SSSR count). The summed E-state index contributed by atoms with van der Waals surface area (Å²) in [5, 5.41) is 0. The summed E-state index contributed by atoms with van der Waals surface area (Å²) in [5.74, 6) is 0.140. The summed E-state index contributed by atoms with van der Waals surface area (Å²) >= 11 is 0. The quantitative estimate of drug-likeness (QED) is 0.599. The number of ether oxygens (including phenoxy) is 1. The Bertz CT molecular complexity index is 502. The van der Waals surface area contributed by atoms with Gasteiger partial charge in [0.1, 0.15) is 0 Å². The zero-order valence-corrected chi connectivity index (χ0v) is 10.5. The van der Waals surface area contributed by atoms with Gasteiger partial charge in [0.15, 0.2) is 12.1 Å². The van der Waals surface area contributed by atoms with Gasteiger partial charge in [0, 0.05) is 7.05 Å². The summed E-state index contributed by atoms with van der Waals surface area (Å²) in [6, 6.07) is 0. The summed E-state index contributed by atoms with van der Waals surface area (Å²) in [5.41, 5.74) is 1.94. The van der Waals surface area contributed by atoms with Crippen molar-refractivity contribution in [1.82, 2.24) is 9.55 Å². The molecule has 1 aromatic rings. The lowest BCUT2D eigenvalue weighted by molar-refractivity contribution is -0.147. The minimum absolute atomic E-state index is 0.102. The maximum absolute atomic E-state index is 11.6. The van der Waals surface area contributed by atoms with E-state index in [0.717, 1.165) is 17.6 Å². The number of allylic oxidation sites excluding steroid dienone is 2. The SMILES string of the molecule is CCOC(=O)C1CC=C(c2cnc(C=O)n2C)C1. The van der Waals surface area contributed by atoms with Crippen LogP contribution in [0.3, 0.4) is 0 Å². The van der Waals surface area contributed by atoms with Gasteiger partial charge in [0.05, 0.1) is 24.4 Å². The Morgan fingerprint density at radius 1 is 1.67 bits per heavy atom. The topological polar surface area (TPSA) is 61.2 Å². The molecule has 1 aromatic heterocycles. The standard InChI is InChI=1S/C13H16N2O3/c1-3-18-13(17)10-5-4-9(6-10)11-7-14-12(8-16)15(11)2/h4,7-8,10H,3,5-6H2,1-2H3. The minimum atomic E-state index is -0.151. The van der Waals surface area contributed by atoms with Gasteiger partial charge < -0.3 is 9.30 Å². The van der Waals surface area contributed by atoms with E-state index >= 15 is 0 Å². The summed E-state index contributed by atoms with van der Waals surface area (Å²) in [4.78, 5) is 26.4. The molecule has 0 bridgehead atoms. The average molecular weight is 248 g/mol. The van der Waals surface area contributed by atoms with Crippen LogP contribution in [0, 0.1) is 5.92 Å². The van der Waals surface area contributed by atoms with Crippen LogP contribution in [0.25, 0.3) is 5.57 Å². The van der Waals surface area contributed by atoms with Crippen molar-refractivity contribution in [2.24, 2.45) is 13.0 Å². The lowest BCUT2D eigenvalue weighted by Crippen LogP contribution is -2.15. The van der Waals surface area contributed by atoms with Crippen LogP contribution in [0.1, 0.15) is 36.1 Å². The second kappa shape index (κ2) is 5.16. The minimum Gasteiger partial charge on any atom is -0.466 e. The van der Waals surface area contributed by atoms with Crippen LogP contribution in [-0.2, 0) is 16.6 Å². The number of hydrogen-bond donors (Lipinski definition) is 0. The zero-order valence-electron chi connectivity index (χ0n) is 10.5. The van der Waals surface area contributed by atoms with E-state index in [9.17, 15) is 9.59 Å². The first-order valence-corrected chi connectivity index (χ1v) is 6.00. The van der Waals surface area contributed by atoms with Crippen molar-refractivity contribution in [3.05, 3.63) is 23.8 Å². The number of hydrogen-bond acceptors (Lipinski definition) is 4. The first-order valence-electron chi connectivity index (χ1n) is 6.00. The molecule has 0 N–H and O–H groups in total. The second-order valence-corrected chi connectivity index (χ2v) is 4.30. The molecule has 18 heavy (non-hydrogen) atoms. The number of carbonyl (C=O) groups is 2. The summed E-state index contributed by atoms with van der Waals surface area (Å²) in [7, 11) is 1.80. The molecule has 1 atom stereocenters. The Kier molecular flexibility index (Phi) is 3.60. The molecule has 0 aliphatic heterocycles. The van der Waals surface area contributed by atoms with E-state index in [1.807, 2.05) is 6.08 Å². The molecule has 0 amide bonds. The Morgan fingerprint density at radius 2 is 2.44 bits per heavy atom. The van der Waals surface area contributed by atoms with Crippen LogP contribution >= 0.6 is 0 Å². The van der Waals surface area contributed by atoms with E-state index < -0.39 is 0 Å². The predicted octanol–water partition coefficient (Wildman–Crippen LogP) is 1.59. The molecule has 1 aliphatic rings. The molecule has 0 saturated heterocycles. The van der Waals surface area contributed by atoms with Gasteiger partial charge in [-0.25, -0.2) is 4.98 Å². The predicted molar refractivity (Wildman–Crippen MR) is 65.9 cm³/mol. The third kappa shape index (κ3) is 2.20. The number of rotatable bonds is 4. The molecular weight excluding hydrogens is 232 g/mol. The second-order valence-electron chi connectivity index (χ2n) is 4.30. The summed E-state index contributed by atoms with van der Waals surface area (Å²) in [6.07, 6.45) is 5.75. The van der Waals surface area contributed by atoms with Gasteiger partial charge in [0.25, 0.3) is 0 Å². The van der Waals surface area contributed by atoms with E-state index in [1.54, 1.807) is 24.7 Å². The highest BCUT2D eigenvalue weighted by Crippen LogP contribution is 2.32. The van der Waals surface area contributed by atoms with E-state index in [-0.39, 0.29) is 11.9 Å². The van der Waals surface area contributed by atoms with Crippen LogP contribution in [0.4, 0.5) is 0 Å². The fourth-order valence-electron chi connectivity index (χ4n) is 2.20. The van der Waals surface area contributed by atoms with Crippen molar-refractivity contribution >= 4 is 17.8 Å². The molecule has 96 valence electrons. The molecular formula is C13H16N2O3. The highest BCUT2D eigenvalue weighted by molar-refractivity contribution is 5.80. The first-order chi connectivity index (χ1) is 8.67. The number of carbonyl (C=O) groups excluding carboxylic acids is 2. The molecule has 0 aromatic carbocycles. The monoisotopic (exact) mass is 248 g/mol. The van der Waals surface area contributed by atoms with Gasteiger partial charge in [-0.15, -0.1) is 0 Å². The van der Waals surface area contributed by atoms with Gasteiger partial charge >= 0.3 is 5.97 Å². The van der Waals surface area contributed by atoms with Gasteiger partial charge in [0.2, 0.25) is 0 Å². The van der Waals surface area contributed by atoms with Crippen molar-refractivity contribution in [3.8, 4) is 0 Å². The highest BCUT2D eigenvalue weighted by Gasteiger charge is 2.27. The summed E-state index contributed by atoms with van der Waals surface area (Å²) < 4.78 is 6.76. The van der Waals surface area contributed by atoms with Crippen LogP contribution in [0.15, 0.2) is 12.3 Å². The largest absolute Gasteiger partial charge is 0.466 e. The number of aldehydes is 1. The summed E-state index contributed by atoms with van der Waals surface area (Å²) in [6.45, 7) is 2.21. The van der Waals surface area contributed by atoms with Crippen molar-refractivity contribution < 1.29 is 14.3 Å². The molecule has 1 unspecified atom stereocenters. The Labute approximate surface area is 105 Å². The smallest absolute Gasteiger partial charge is 0.309 e. The first kappa shape index (κ1) is 12.5. The lowest BCUT2D eigenvalue weighted by Gasteiger charge is -2.09. The molecule has 0 fully saturated rings. The van der Waals surface area contributed by atoms with Gasteiger partial charge in [-0.1, -0.05) is 6.08 Å². The lowest BCUT2D eigenvalue weighted by atomic mass is 10.0. The molecule has 5 nitrogen and oxygen atoms in total. The number of nitrogens with zero attached hydrogens (tertiary/aromatic N) is 2. The zero-order chi connectivity index (χ0) is 13.1. The number of esters is 1. The number of aromatic nitrogens is 2. The fourth-order valence-corrected chi connectivity index (χ4v) is 2.20. The van der Waals surface area contributed by atoms with E-state index in [4.69, 9.17) is 4.74 Å². The van der Waals surface area contributed by atoms with Crippen molar-refractivity contribution in [2.75, 3.05) is 6.61 Å². The van der Waals surface area contributed by atoms with Crippen LogP contribution < -0.4 is 0 Å². The Morgan fingerprint density at radius 3 is 3.06 bits per heavy atom. The molecule has 5 heteroatoms. The average Bonchev–Trinajstić information content (AvgIpc) is 2.95. The fraction of sp³-hybridized carbons (Fsp3) is 0.462. The third-order valence-electron chi connectivity index (χ3n) is 3.19. The van der Waals surface area contributed by atoms with E-state index in [2.05, 4.69) is 4.98 Å². The molecule has 0 saturated carbocycles. The van der Waals surface area contributed by atoms with Crippen molar-refractivity contribution in [3.63, 3.8) is 0 Å². The maximum atomic E-state index is 11.6. The molecule has 1 heterocycles. The Balaban J connectivity index is 2.10. The van der Waals surface area contributed by atoms with E-state index in [0.29, 0.717) is 25.3 Å². The molecule has 1 aliphatic carbocycles. The van der Waals surface area contributed by atoms with E-state index in [1.165, 1.54) is 0 Å². The van der Waals surface area contributed by atoms with Gasteiger partial charge in [-0.3, -0.25) is 9.59 Å². The van der Waals surface area contributed by atoms with Crippen LogP contribution in [-0.4, -0.2) is 28.4 Å². The Hall–Kier alpha value is -1.91. The normalized spacial score (nSPS) is 18.6. The number of imidazole rings is 1. The maximum Gasteiger partial charge on any atom is 0.309 e.